The van der Waals surface area contributed by atoms with E-state index in [0.29, 0.717) is 67.2 Å². The number of hydrogen-bond acceptors (Lipinski definition) is 8. The maximum absolute atomic E-state index is 13.7. The third-order valence-corrected chi connectivity index (χ3v) is 13.0. The van der Waals surface area contributed by atoms with Crippen molar-refractivity contribution in [1.82, 2.24) is 18.8 Å². The number of piperazine rings is 1. The van der Waals surface area contributed by atoms with Gasteiger partial charge in [-0.2, -0.15) is 4.31 Å². The Hall–Kier alpha value is -2.40. The molecular weight excluding hydrogens is 613 g/mol. The Morgan fingerprint density at radius 2 is 1.52 bits per heavy atom. The molecule has 2 aromatic carbocycles. The normalized spacial score (nSPS) is 15.6. The summed E-state index contributed by atoms with van der Waals surface area (Å²) in [5.41, 5.74) is 1.48. The number of fused-ring (bicyclic) bond motifs is 1. The zero-order valence-electron chi connectivity index (χ0n) is 27.3. The molecule has 1 aromatic heterocycles. The summed E-state index contributed by atoms with van der Waals surface area (Å²) in [5.74, 6) is 0.404. The van der Waals surface area contributed by atoms with Crippen molar-refractivity contribution >= 4 is 37.1 Å². The number of benzene rings is 2. The van der Waals surface area contributed by atoms with Crippen LogP contribution in [0, 0.1) is 0 Å². The Morgan fingerprint density at radius 1 is 0.864 bits per heavy atom. The van der Waals surface area contributed by atoms with Crippen LogP contribution in [-0.4, -0.2) is 96.6 Å². The molecule has 0 bridgehead atoms. The second kappa shape index (κ2) is 14.4. The van der Waals surface area contributed by atoms with E-state index in [2.05, 4.69) is 49.2 Å². The Balaban J connectivity index is 1.67. The van der Waals surface area contributed by atoms with E-state index in [1.165, 1.54) is 15.2 Å². The van der Waals surface area contributed by atoms with E-state index < -0.39 is 26.2 Å². The SMILES string of the molecule is CN1CCN(S(=O)(=O)c2cccc(-c3cc(OCOCC[Si](C)(C)C)c4ncn(COCC[Si](C)(C)C)c(=O)c4c3)c2)CC1. The van der Waals surface area contributed by atoms with Crippen molar-refractivity contribution in [2.24, 2.45) is 0 Å². The highest BCUT2D eigenvalue weighted by molar-refractivity contribution is 7.89. The number of hydrogen-bond donors (Lipinski definition) is 0. The van der Waals surface area contributed by atoms with Gasteiger partial charge >= 0.3 is 0 Å². The standard InChI is InChI=1S/C31H48N4O6SSi2/c1-33-11-13-35(14-12-33)42(37,38)27-10-8-9-25(19-27)26-20-28-30(29(21-26)41-24-40-16-18-44(5,6)7)32-22-34(31(28)36)23-39-15-17-43(2,3)4/h8-10,19-22H,11-18,23-24H2,1-7H3. The minimum absolute atomic E-state index is 0.0193. The number of aromatic nitrogens is 2. The van der Waals surface area contributed by atoms with Crippen LogP contribution in [0.4, 0.5) is 0 Å². The Kier molecular flexibility index (Phi) is 11.2. The summed E-state index contributed by atoms with van der Waals surface area (Å²) in [6, 6.07) is 12.4. The molecule has 0 spiro atoms. The first-order valence-corrected chi connectivity index (χ1v) is 24.1. The molecule has 0 saturated carbocycles. The molecule has 10 nitrogen and oxygen atoms in total. The van der Waals surface area contributed by atoms with E-state index in [1.54, 1.807) is 30.3 Å². The van der Waals surface area contributed by atoms with Crippen LogP contribution in [0.25, 0.3) is 22.0 Å². The van der Waals surface area contributed by atoms with Gasteiger partial charge in [0.25, 0.3) is 5.56 Å². The molecular formula is C31H48N4O6SSi2. The van der Waals surface area contributed by atoms with Crippen molar-refractivity contribution < 1.29 is 22.6 Å². The molecule has 3 aromatic rings. The third kappa shape index (κ3) is 9.31. The van der Waals surface area contributed by atoms with Gasteiger partial charge in [0.15, 0.2) is 6.79 Å². The van der Waals surface area contributed by atoms with Gasteiger partial charge in [0.2, 0.25) is 10.0 Å². The van der Waals surface area contributed by atoms with E-state index in [-0.39, 0.29) is 24.0 Å². The molecule has 1 fully saturated rings. The van der Waals surface area contributed by atoms with Gasteiger partial charge in [0, 0.05) is 55.5 Å². The highest BCUT2D eigenvalue weighted by Gasteiger charge is 2.28. The summed E-state index contributed by atoms with van der Waals surface area (Å²) in [5, 5.41) is 0.364. The molecule has 44 heavy (non-hydrogen) atoms. The summed E-state index contributed by atoms with van der Waals surface area (Å²) >= 11 is 0. The van der Waals surface area contributed by atoms with E-state index in [4.69, 9.17) is 14.2 Å². The first-order valence-electron chi connectivity index (χ1n) is 15.2. The molecule has 0 N–H and O–H groups in total. The topological polar surface area (TPSA) is 103 Å². The maximum atomic E-state index is 13.7. The molecule has 242 valence electrons. The van der Waals surface area contributed by atoms with Crippen LogP contribution in [-0.2, 0) is 26.2 Å². The number of likely N-dealkylation sites (N-methyl/N-ethyl adjacent to an activating group) is 1. The second-order valence-corrected chi connectivity index (χ2v) is 27.1. The van der Waals surface area contributed by atoms with Gasteiger partial charge in [-0.15, -0.1) is 0 Å². The van der Waals surface area contributed by atoms with Gasteiger partial charge in [-0.3, -0.25) is 9.36 Å². The zero-order chi connectivity index (χ0) is 32.1. The number of nitrogens with zero attached hydrogens (tertiary/aromatic N) is 4. The van der Waals surface area contributed by atoms with Gasteiger partial charge in [-0.1, -0.05) is 51.4 Å². The van der Waals surface area contributed by atoms with Crippen molar-refractivity contribution in [3.63, 3.8) is 0 Å². The largest absolute Gasteiger partial charge is 0.465 e. The van der Waals surface area contributed by atoms with Gasteiger partial charge < -0.3 is 19.1 Å². The lowest BCUT2D eigenvalue weighted by molar-refractivity contribution is 0.0228. The fraction of sp³-hybridized carbons (Fsp3) is 0.548. The van der Waals surface area contributed by atoms with Crippen LogP contribution in [0.5, 0.6) is 5.75 Å². The zero-order valence-corrected chi connectivity index (χ0v) is 30.1. The highest BCUT2D eigenvalue weighted by atomic mass is 32.2. The Morgan fingerprint density at radius 3 is 2.18 bits per heavy atom. The van der Waals surface area contributed by atoms with Gasteiger partial charge in [0.05, 0.1) is 10.3 Å². The smallest absolute Gasteiger partial charge is 0.263 e. The third-order valence-electron chi connectivity index (χ3n) is 7.68. The number of ether oxygens (including phenoxy) is 3. The molecule has 0 atom stereocenters. The average Bonchev–Trinajstić information content (AvgIpc) is 2.95. The van der Waals surface area contributed by atoms with Crippen molar-refractivity contribution in [1.29, 1.82) is 0 Å². The van der Waals surface area contributed by atoms with Crippen molar-refractivity contribution in [3.05, 3.63) is 53.1 Å². The molecule has 2 heterocycles. The Bertz CT molecular complexity index is 1590. The first-order chi connectivity index (χ1) is 20.6. The molecule has 13 heteroatoms. The van der Waals surface area contributed by atoms with Gasteiger partial charge in [-0.25, -0.2) is 13.4 Å². The fourth-order valence-corrected chi connectivity index (χ4v) is 7.69. The lowest BCUT2D eigenvalue weighted by atomic mass is 10.0. The van der Waals surface area contributed by atoms with Crippen LogP contribution >= 0.6 is 0 Å². The predicted octanol–water partition coefficient (Wildman–Crippen LogP) is 5.00. The van der Waals surface area contributed by atoms with Crippen LogP contribution in [0.1, 0.15) is 0 Å². The van der Waals surface area contributed by atoms with Crippen LogP contribution < -0.4 is 10.3 Å². The second-order valence-electron chi connectivity index (χ2n) is 14.0. The molecule has 1 aliphatic rings. The quantitative estimate of drug-likeness (QED) is 0.135. The lowest BCUT2D eigenvalue weighted by Crippen LogP contribution is -2.47. The molecule has 0 radical (unpaired) electrons. The molecule has 0 amide bonds. The summed E-state index contributed by atoms with van der Waals surface area (Å²) in [6.07, 6.45) is 1.49. The van der Waals surface area contributed by atoms with Crippen LogP contribution in [0.2, 0.25) is 51.4 Å². The molecule has 1 saturated heterocycles. The highest BCUT2D eigenvalue weighted by Crippen LogP contribution is 2.32. The molecule has 0 unspecified atom stereocenters. The fourth-order valence-electron chi connectivity index (χ4n) is 4.70. The minimum Gasteiger partial charge on any atom is -0.465 e. The van der Waals surface area contributed by atoms with Gasteiger partial charge in [0.1, 0.15) is 24.3 Å². The molecule has 0 aliphatic carbocycles. The Labute approximate surface area is 264 Å². The average molecular weight is 661 g/mol. The number of rotatable bonds is 14. The van der Waals surface area contributed by atoms with E-state index >= 15 is 0 Å². The van der Waals surface area contributed by atoms with Crippen LogP contribution in [0.3, 0.4) is 0 Å². The summed E-state index contributed by atoms with van der Waals surface area (Å²) in [7, 11) is -4.21. The first kappa shape index (κ1) is 34.5. The summed E-state index contributed by atoms with van der Waals surface area (Å²) in [4.78, 5) is 20.6. The summed E-state index contributed by atoms with van der Waals surface area (Å²) in [6.45, 7) is 17.3. The van der Waals surface area contributed by atoms with Crippen molar-refractivity contribution in [2.75, 3.05) is 53.2 Å². The van der Waals surface area contributed by atoms with Crippen molar-refractivity contribution in [3.8, 4) is 16.9 Å². The van der Waals surface area contributed by atoms with Gasteiger partial charge in [-0.05, 0) is 54.5 Å². The molecule has 4 rings (SSSR count). The maximum Gasteiger partial charge on any atom is 0.263 e. The van der Waals surface area contributed by atoms with E-state index in [1.807, 2.05) is 13.1 Å². The van der Waals surface area contributed by atoms with Crippen LogP contribution in [0.15, 0.2) is 52.4 Å². The minimum atomic E-state index is -3.67. The lowest BCUT2D eigenvalue weighted by Gasteiger charge is -2.31. The van der Waals surface area contributed by atoms with Crippen molar-refractivity contribution in [2.45, 2.75) is 63.0 Å². The number of sulfonamides is 1. The summed E-state index contributed by atoms with van der Waals surface area (Å²) < 4.78 is 47.7. The monoisotopic (exact) mass is 660 g/mol. The molecule has 1 aliphatic heterocycles. The van der Waals surface area contributed by atoms with E-state index in [9.17, 15) is 13.2 Å². The predicted molar refractivity (Wildman–Crippen MR) is 181 cm³/mol. The van der Waals surface area contributed by atoms with E-state index in [0.717, 1.165) is 12.1 Å².